The van der Waals surface area contributed by atoms with Crippen LogP contribution >= 0.6 is 0 Å². The summed E-state index contributed by atoms with van der Waals surface area (Å²) in [5.74, 6) is -0.633. The summed E-state index contributed by atoms with van der Waals surface area (Å²) in [6, 6.07) is 9.78. The van der Waals surface area contributed by atoms with Gasteiger partial charge in [-0.05, 0) is 43.3 Å². The molecule has 0 saturated carbocycles. The molecule has 0 atom stereocenters. The van der Waals surface area contributed by atoms with E-state index in [1.165, 1.54) is 4.90 Å². The van der Waals surface area contributed by atoms with Gasteiger partial charge < -0.3 is 29.2 Å². The Kier molecular flexibility index (Phi) is 10.2. The zero-order chi connectivity index (χ0) is 24.2. The fourth-order valence-corrected chi connectivity index (χ4v) is 3.09. The fourth-order valence-electron chi connectivity index (χ4n) is 3.09. The van der Waals surface area contributed by atoms with E-state index in [2.05, 4.69) is 11.9 Å². The summed E-state index contributed by atoms with van der Waals surface area (Å²) in [4.78, 5) is 40.7. The Morgan fingerprint density at radius 1 is 1.15 bits per heavy atom. The number of benzene rings is 1. The highest BCUT2D eigenvalue weighted by molar-refractivity contribution is 5.94. The van der Waals surface area contributed by atoms with Crippen molar-refractivity contribution in [3.63, 3.8) is 0 Å². The lowest BCUT2D eigenvalue weighted by atomic mass is 10.2. The Morgan fingerprint density at radius 3 is 2.45 bits per heavy atom. The molecule has 0 aliphatic heterocycles. The van der Waals surface area contributed by atoms with Crippen LogP contribution in [0.15, 0.2) is 55.3 Å². The van der Waals surface area contributed by atoms with Crippen molar-refractivity contribution in [2.75, 3.05) is 45.3 Å². The number of rotatable bonds is 12. The van der Waals surface area contributed by atoms with Crippen LogP contribution in [0.4, 0.5) is 10.5 Å². The molecule has 0 radical (unpaired) electrons. The molecule has 33 heavy (non-hydrogen) atoms. The number of hydrogen-bond donors (Lipinski definition) is 1. The number of methoxy groups -OCH3 is 1. The number of hydrogen-bond acceptors (Lipinski definition) is 5. The summed E-state index contributed by atoms with van der Waals surface area (Å²) < 4.78 is 12.1. The largest absolute Gasteiger partial charge is 0.462 e. The number of aromatic nitrogens is 1. The quantitative estimate of drug-likeness (QED) is 0.392. The van der Waals surface area contributed by atoms with Crippen molar-refractivity contribution in [1.82, 2.24) is 14.4 Å². The number of nitrogens with zero attached hydrogens (tertiary/aromatic N) is 3. The van der Waals surface area contributed by atoms with E-state index in [0.29, 0.717) is 30.9 Å². The number of amides is 3. The van der Waals surface area contributed by atoms with E-state index in [0.717, 1.165) is 5.69 Å². The van der Waals surface area contributed by atoms with Crippen molar-refractivity contribution in [2.45, 2.75) is 13.5 Å². The average molecular weight is 457 g/mol. The molecule has 2 rings (SSSR count). The standard InChI is InChI=1S/C24H32N4O5/c1-5-13-28(24(31)25-20-11-9-19(10-12-20)23(30)33-6-2)18-22(29)27(15-16-32-4)17-21-8-7-14-26(21)3/h5,7-12,14H,1,6,13,15-18H2,2-4H3,(H,25,31). The Morgan fingerprint density at radius 2 is 1.88 bits per heavy atom. The van der Waals surface area contributed by atoms with Gasteiger partial charge in [0.1, 0.15) is 6.54 Å². The molecule has 178 valence electrons. The van der Waals surface area contributed by atoms with Crippen LogP contribution in [0.5, 0.6) is 0 Å². The Labute approximate surface area is 194 Å². The lowest BCUT2D eigenvalue weighted by molar-refractivity contribution is -0.133. The molecular formula is C24H32N4O5. The van der Waals surface area contributed by atoms with Gasteiger partial charge in [-0.3, -0.25) is 4.79 Å². The minimum atomic E-state index is -0.447. The van der Waals surface area contributed by atoms with Gasteiger partial charge in [0, 0.05) is 44.8 Å². The van der Waals surface area contributed by atoms with Crippen molar-refractivity contribution in [3.8, 4) is 0 Å². The molecule has 1 heterocycles. The smallest absolute Gasteiger partial charge is 0.338 e. The molecule has 9 heteroatoms. The van der Waals surface area contributed by atoms with Crippen LogP contribution in [-0.4, -0.2) is 72.2 Å². The van der Waals surface area contributed by atoms with Crippen LogP contribution in [0.25, 0.3) is 0 Å². The second-order valence-corrected chi connectivity index (χ2v) is 7.32. The van der Waals surface area contributed by atoms with E-state index in [4.69, 9.17) is 9.47 Å². The zero-order valence-electron chi connectivity index (χ0n) is 19.5. The van der Waals surface area contributed by atoms with E-state index in [1.54, 1.807) is 49.3 Å². The summed E-state index contributed by atoms with van der Waals surface area (Å²) in [7, 11) is 3.49. The predicted octanol–water partition coefficient (Wildman–Crippen LogP) is 2.90. The number of urea groups is 1. The number of carbonyl (C=O) groups is 3. The molecule has 0 aliphatic rings. The van der Waals surface area contributed by atoms with Gasteiger partial charge in [-0.25, -0.2) is 9.59 Å². The molecular weight excluding hydrogens is 424 g/mol. The first-order chi connectivity index (χ1) is 15.9. The Balaban J connectivity index is 2.06. The van der Waals surface area contributed by atoms with E-state index in [1.807, 2.05) is 29.9 Å². The van der Waals surface area contributed by atoms with Gasteiger partial charge in [-0.2, -0.15) is 0 Å². The molecule has 9 nitrogen and oxygen atoms in total. The van der Waals surface area contributed by atoms with Crippen molar-refractivity contribution >= 4 is 23.6 Å². The van der Waals surface area contributed by atoms with Gasteiger partial charge in [-0.1, -0.05) is 6.08 Å². The maximum Gasteiger partial charge on any atom is 0.338 e. The highest BCUT2D eigenvalue weighted by Gasteiger charge is 2.21. The average Bonchev–Trinajstić information content (AvgIpc) is 3.21. The third-order valence-corrected chi connectivity index (χ3v) is 4.93. The van der Waals surface area contributed by atoms with Gasteiger partial charge in [0.25, 0.3) is 0 Å². The van der Waals surface area contributed by atoms with Crippen molar-refractivity contribution < 1.29 is 23.9 Å². The van der Waals surface area contributed by atoms with Crippen LogP contribution in [0.2, 0.25) is 0 Å². The summed E-state index contributed by atoms with van der Waals surface area (Å²) in [5, 5.41) is 2.75. The van der Waals surface area contributed by atoms with Crippen LogP contribution < -0.4 is 5.32 Å². The first-order valence-electron chi connectivity index (χ1n) is 10.7. The highest BCUT2D eigenvalue weighted by Crippen LogP contribution is 2.12. The van der Waals surface area contributed by atoms with Crippen LogP contribution in [-0.2, 0) is 27.9 Å². The van der Waals surface area contributed by atoms with Gasteiger partial charge in [-0.15, -0.1) is 6.58 Å². The van der Waals surface area contributed by atoms with Gasteiger partial charge in [0.15, 0.2) is 0 Å². The monoisotopic (exact) mass is 456 g/mol. The first-order valence-corrected chi connectivity index (χ1v) is 10.7. The first kappa shape index (κ1) is 25.7. The summed E-state index contributed by atoms with van der Waals surface area (Å²) in [5.41, 5.74) is 1.86. The van der Waals surface area contributed by atoms with Gasteiger partial charge >= 0.3 is 12.0 Å². The number of nitrogens with one attached hydrogen (secondary N) is 1. The maximum atomic E-state index is 13.1. The second kappa shape index (κ2) is 13.1. The molecule has 0 unspecified atom stereocenters. The molecule has 3 amide bonds. The lowest BCUT2D eigenvalue weighted by Crippen LogP contribution is -2.45. The van der Waals surface area contributed by atoms with Crippen LogP contribution in [0.3, 0.4) is 0 Å². The number of anilines is 1. The maximum absolute atomic E-state index is 13.1. The predicted molar refractivity (Wildman–Crippen MR) is 126 cm³/mol. The van der Waals surface area contributed by atoms with Crippen molar-refractivity contribution in [2.24, 2.45) is 7.05 Å². The molecule has 1 aromatic carbocycles. The van der Waals surface area contributed by atoms with E-state index < -0.39 is 12.0 Å². The minimum Gasteiger partial charge on any atom is -0.462 e. The Bertz CT molecular complexity index is 939. The number of ether oxygens (including phenoxy) is 2. The Hall–Kier alpha value is -3.59. The number of esters is 1. The molecule has 0 fully saturated rings. The third-order valence-electron chi connectivity index (χ3n) is 4.93. The van der Waals surface area contributed by atoms with E-state index in [-0.39, 0.29) is 25.6 Å². The molecule has 2 aromatic rings. The number of aryl methyl sites for hydroxylation is 1. The number of carbonyl (C=O) groups excluding carboxylic acids is 3. The lowest BCUT2D eigenvalue weighted by Gasteiger charge is -2.27. The second-order valence-electron chi connectivity index (χ2n) is 7.32. The molecule has 0 saturated heterocycles. The van der Waals surface area contributed by atoms with Gasteiger partial charge in [0.2, 0.25) is 5.91 Å². The van der Waals surface area contributed by atoms with Crippen LogP contribution in [0, 0.1) is 0 Å². The topological polar surface area (TPSA) is 93.1 Å². The fraction of sp³-hybridized carbons (Fsp3) is 0.375. The molecule has 1 N–H and O–H groups in total. The zero-order valence-corrected chi connectivity index (χ0v) is 19.5. The summed E-state index contributed by atoms with van der Waals surface area (Å²) in [6.45, 7) is 6.98. The summed E-state index contributed by atoms with van der Waals surface area (Å²) >= 11 is 0. The molecule has 0 bridgehead atoms. The van der Waals surface area contributed by atoms with Crippen LogP contribution in [0.1, 0.15) is 23.0 Å². The minimum absolute atomic E-state index is 0.118. The molecule has 0 aliphatic carbocycles. The van der Waals surface area contributed by atoms with Crippen molar-refractivity contribution in [3.05, 3.63) is 66.5 Å². The van der Waals surface area contributed by atoms with E-state index in [9.17, 15) is 14.4 Å². The molecule has 1 aromatic heterocycles. The SMILES string of the molecule is C=CCN(CC(=O)N(CCOC)Cc1cccn1C)C(=O)Nc1ccc(C(=O)OCC)cc1. The molecule has 0 spiro atoms. The van der Waals surface area contributed by atoms with Gasteiger partial charge in [0.05, 0.1) is 25.3 Å². The third kappa shape index (κ3) is 7.80. The van der Waals surface area contributed by atoms with E-state index >= 15 is 0 Å². The normalized spacial score (nSPS) is 10.4. The summed E-state index contributed by atoms with van der Waals surface area (Å²) in [6.07, 6.45) is 3.48. The highest BCUT2D eigenvalue weighted by atomic mass is 16.5. The van der Waals surface area contributed by atoms with Crippen molar-refractivity contribution in [1.29, 1.82) is 0 Å².